The molecule has 1 aromatic heterocycles. The summed E-state index contributed by atoms with van der Waals surface area (Å²) < 4.78 is 0. The van der Waals surface area contributed by atoms with Gasteiger partial charge in [-0.05, 0) is 24.8 Å². The van der Waals surface area contributed by atoms with Crippen LogP contribution in [0.5, 0.6) is 0 Å². The van der Waals surface area contributed by atoms with Gasteiger partial charge in [-0.25, -0.2) is 4.98 Å². The molecule has 1 aliphatic rings. The van der Waals surface area contributed by atoms with Crippen molar-refractivity contribution in [1.29, 1.82) is 0 Å². The second-order valence-electron chi connectivity index (χ2n) is 4.74. The SMILES string of the molecule is Cc1cc([N+](=O)[O-])cnc1N(C)CCC1CC1. The van der Waals surface area contributed by atoms with Crippen LogP contribution < -0.4 is 4.90 Å². The Balaban J connectivity index is 2.05. The van der Waals surface area contributed by atoms with Crippen LogP contribution in [0, 0.1) is 23.0 Å². The lowest BCUT2D eigenvalue weighted by molar-refractivity contribution is -0.385. The van der Waals surface area contributed by atoms with E-state index < -0.39 is 4.92 Å². The molecule has 0 aromatic carbocycles. The van der Waals surface area contributed by atoms with Crippen molar-refractivity contribution in [3.05, 3.63) is 27.9 Å². The van der Waals surface area contributed by atoms with Gasteiger partial charge in [-0.3, -0.25) is 10.1 Å². The van der Waals surface area contributed by atoms with Gasteiger partial charge in [0.1, 0.15) is 12.0 Å². The smallest absolute Gasteiger partial charge is 0.287 e. The van der Waals surface area contributed by atoms with E-state index in [0.717, 1.165) is 23.8 Å². The van der Waals surface area contributed by atoms with E-state index in [0.29, 0.717) is 0 Å². The second kappa shape index (κ2) is 4.69. The summed E-state index contributed by atoms with van der Waals surface area (Å²) in [7, 11) is 1.99. The van der Waals surface area contributed by atoms with Crippen LogP contribution >= 0.6 is 0 Å². The molecule has 1 saturated carbocycles. The van der Waals surface area contributed by atoms with E-state index in [4.69, 9.17) is 0 Å². The van der Waals surface area contributed by atoms with Crippen LogP contribution in [0.3, 0.4) is 0 Å². The Morgan fingerprint density at radius 1 is 1.59 bits per heavy atom. The van der Waals surface area contributed by atoms with Crippen molar-refractivity contribution < 1.29 is 4.92 Å². The van der Waals surface area contributed by atoms with Crippen LogP contribution in [0.25, 0.3) is 0 Å². The molecule has 92 valence electrons. The minimum absolute atomic E-state index is 0.0573. The predicted octanol–water partition coefficient (Wildman–Crippen LogP) is 2.53. The molecule has 1 fully saturated rings. The zero-order valence-corrected chi connectivity index (χ0v) is 10.2. The number of nitro groups is 1. The standard InChI is InChI=1S/C12H17N3O2/c1-9-7-11(15(16)17)8-13-12(9)14(2)6-5-10-3-4-10/h7-8,10H,3-6H2,1-2H3. The van der Waals surface area contributed by atoms with Crippen molar-refractivity contribution in [3.63, 3.8) is 0 Å². The van der Waals surface area contributed by atoms with Crippen molar-refractivity contribution in [2.75, 3.05) is 18.5 Å². The zero-order valence-electron chi connectivity index (χ0n) is 10.2. The monoisotopic (exact) mass is 235 g/mol. The van der Waals surface area contributed by atoms with Crippen LogP contribution in [0.1, 0.15) is 24.8 Å². The van der Waals surface area contributed by atoms with Gasteiger partial charge in [0.25, 0.3) is 5.69 Å². The van der Waals surface area contributed by atoms with E-state index >= 15 is 0 Å². The fourth-order valence-corrected chi connectivity index (χ4v) is 1.94. The molecule has 5 nitrogen and oxygen atoms in total. The fourth-order valence-electron chi connectivity index (χ4n) is 1.94. The number of hydrogen-bond donors (Lipinski definition) is 0. The van der Waals surface area contributed by atoms with E-state index in [1.165, 1.54) is 25.5 Å². The van der Waals surface area contributed by atoms with Crippen LogP contribution in [0.15, 0.2) is 12.3 Å². The van der Waals surface area contributed by atoms with E-state index in [-0.39, 0.29) is 5.69 Å². The largest absolute Gasteiger partial charge is 0.359 e. The number of rotatable bonds is 5. The van der Waals surface area contributed by atoms with Gasteiger partial charge in [-0.2, -0.15) is 0 Å². The highest BCUT2D eigenvalue weighted by molar-refractivity contribution is 5.49. The van der Waals surface area contributed by atoms with Crippen LogP contribution in [0.2, 0.25) is 0 Å². The fraction of sp³-hybridized carbons (Fsp3) is 0.583. The molecule has 0 amide bonds. The summed E-state index contributed by atoms with van der Waals surface area (Å²) in [6.45, 7) is 2.83. The van der Waals surface area contributed by atoms with Crippen molar-refractivity contribution >= 4 is 11.5 Å². The molecule has 0 atom stereocenters. The molecule has 0 unspecified atom stereocenters. The first-order valence-electron chi connectivity index (χ1n) is 5.90. The molecule has 17 heavy (non-hydrogen) atoms. The third-order valence-corrected chi connectivity index (χ3v) is 3.18. The van der Waals surface area contributed by atoms with Crippen LogP contribution in [0.4, 0.5) is 11.5 Å². The van der Waals surface area contributed by atoms with Gasteiger partial charge >= 0.3 is 0 Å². The highest BCUT2D eigenvalue weighted by Crippen LogP contribution is 2.33. The molecule has 0 N–H and O–H groups in total. The lowest BCUT2D eigenvalue weighted by Crippen LogP contribution is -2.21. The maximum atomic E-state index is 10.6. The molecule has 1 aromatic rings. The van der Waals surface area contributed by atoms with E-state index in [2.05, 4.69) is 9.88 Å². The number of aromatic nitrogens is 1. The van der Waals surface area contributed by atoms with Crippen LogP contribution in [-0.4, -0.2) is 23.5 Å². The molecule has 1 aliphatic carbocycles. The van der Waals surface area contributed by atoms with Gasteiger partial charge < -0.3 is 4.90 Å². The van der Waals surface area contributed by atoms with Gasteiger partial charge in [0.05, 0.1) is 4.92 Å². The summed E-state index contributed by atoms with van der Waals surface area (Å²) in [6.07, 6.45) is 5.21. The summed E-state index contributed by atoms with van der Waals surface area (Å²) in [5, 5.41) is 10.6. The van der Waals surface area contributed by atoms with Gasteiger partial charge in [-0.1, -0.05) is 12.8 Å². The summed E-state index contributed by atoms with van der Waals surface area (Å²) in [4.78, 5) is 16.5. The average Bonchev–Trinajstić information content (AvgIpc) is 3.09. The first-order chi connectivity index (χ1) is 8.08. The molecule has 0 spiro atoms. The molecule has 0 radical (unpaired) electrons. The average molecular weight is 235 g/mol. The molecule has 0 bridgehead atoms. The van der Waals surface area contributed by atoms with Gasteiger partial charge in [0, 0.05) is 19.7 Å². The van der Waals surface area contributed by atoms with E-state index in [9.17, 15) is 10.1 Å². The summed E-state index contributed by atoms with van der Waals surface area (Å²) >= 11 is 0. The quantitative estimate of drug-likeness (QED) is 0.581. The summed E-state index contributed by atoms with van der Waals surface area (Å²) in [5.74, 6) is 1.73. The van der Waals surface area contributed by atoms with Crippen molar-refractivity contribution in [3.8, 4) is 0 Å². The minimum Gasteiger partial charge on any atom is -0.359 e. The Bertz CT molecular complexity index is 430. The third-order valence-electron chi connectivity index (χ3n) is 3.18. The molecule has 1 heterocycles. The van der Waals surface area contributed by atoms with E-state index in [1.54, 1.807) is 6.07 Å². The normalized spacial score (nSPS) is 14.7. The number of hydrogen-bond acceptors (Lipinski definition) is 4. The predicted molar refractivity (Wildman–Crippen MR) is 66.2 cm³/mol. The summed E-state index contributed by atoms with van der Waals surface area (Å²) in [6, 6.07) is 1.58. The highest BCUT2D eigenvalue weighted by atomic mass is 16.6. The lowest BCUT2D eigenvalue weighted by atomic mass is 10.2. The Hall–Kier alpha value is -1.65. The Morgan fingerprint density at radius 3 is 2.82 bits per heavy atom. The maximum Gasteiger partial charge on any atom is 0.287 e. The number of anilines is 1. The van der Waals surface area contributed by atoms with Crippen LogP contribution in [-0.2, 0) is 0 Å². The molecule has 0 aliphatic heterocycles. The number of aryl methyl sites for hydroxylation is 1. The molecule has 0 saturated heterocycles. The molecular weight excluding hydrogens is 218 g/mol. The van der Waals surface area contributed by atoms with Gasteiger partial charge in [0.2, 0.25) is 0 Å². The van der Waals surface area contributed by atoms with E-state index in [1.807, 2.05) is 14.0 Å². The van der Waals surface area contributed by atoms with Gasteiger partial charge in [-0.15, -0.1) is 0 Å². The molecule has 2 rings (SSSR count). The number of nitrogens with zero attached hydrogens (tertiary/aromatic N) is 3. The lowest BCUT2D eigenvalue weighted by Gasteiger charge is -2.19. The van der Waals surface area contributed by atoms with Gasteiger partial charge in [0.15, 0.2) is 0 Å². The highest BCUT2D eigenvalue weighted by Gasteiger charge is 2.22. The topological polar surface area (TPSA) is 59.3 Å². The van der Waals surface area contributed by atoms with Crippen molar-refractivity contribution in [2.24, 2.45) is 5.92 Å². The second-order valence-corrected chi connectivity index (χ2v) is 4.74. The Labute approximate surface area is 101 Å². The van der Waals surface area contributed by atoms with Crippen molar-refractivity contribution in [2.45, 2.75) is 26.2 Å². The Kier molecular flexibility index (Phi) is 3.26. The first-order valence-corrected chi connectivity index (χ1v) is 5.90. The van der Waals surface area contributed by atoms with Crippen molar-refractivity contribution in [1.82, 2.24) is 4.98 Å². The number of pyridine rings is 1. The Morgan fingerprint density at radius 2 is 2.29 bits per heavy atom. The minimum atomic E-state index is -0.409. The maximum absolute atomic E-state index is 10.6. The zero-order chi connectivity index (χ0) is 12.4. The molecule has 5 heteroatoms. The molecular formula is C12H17N3O2. The summed E-state index contributed by atoms with van der Waals surface area (Å²) in [5.41, 5.74) is 0.916. The first kappa shape index (κ1) is 11.8. The third kappa shape index (κ3) is 2.93.